The number of esters is 2. The third-order valence-electron chi connectivity index (χ3n) is 4.61. The largest absolute Gasteiger partial charge is 0.463 e. The number of nitro groups is 1. The molecule has 2 rings (SSSR count). The summed E-state index contributed by atoms with van der Waals surface area (Å²) in [4.78, 5) is 35.8. The van der Waals surface area contributed by atoms with Crippen molar-refractivity contribution in [2.75, 3.05) is 13.2 Å². The Labute approximate surface area is 171 Å². The Kier molecular flexibility index (Phi) is 7.51. The fourth-order valence-electron chi connectivity index (χ4n) is 3.38. The molecule has 1 aromatic rings. The molecular weight excluding hydrogens is 430 g/mol. The topological polar surface area (TPSA) is 95.7 Å². The standard InChI is InChI=1S/C20H22BrNO6/c1-3-27-17(23)6-5-12-20(22(25)26)13-11-16(19(24)28-4-2)18(20)14-7-9-15(21)10-8-14/h5-11,18H,3-4,12-13H2,1-2H3/b6-5+/t18-,20+/m1/s1. The van der Waals surface area contributed by atoms with Crippen LogP contribution >= 0.6 is 15.9 Å². The van der Waals surface area contributed by atoms with Gasteiger partial charge in [-0.1, -0.05) is 40.2 Å². The normalized spacial score (nSPS) is 21.4. The highest BCUT2D eigenvalue weighted by atomic mass is 79.9. The maximum atomic E-state index is 12.5. The lowest BCUT2D eigenvalue weighted by Crippen LogP contribution is -2.42. The molecule has 0 spiro atoms. The average molecular weight is 452 g/mol. The Morgan fingerprint density at radius 3 is 2.46 bits per heavy atom. The minimum absolute atomic E-state index is 0.0288. The molecule has 0 fully saturated rings. The molecule has 8 heteroatoms. The summed E-state index contributed by atoms with van der Waals surface area (Å²) >= 11 is 3.35. The number of nitrogens with zero attached hydrogens (tertiary/aromatic N) is 1. The van der Waals surface area contributed by atoms with Gasteiger partial charge in [0.05, 0.1) is 19.1 Å². The molecule has 2 atom stereocenters. The first kappa shape index (κ1) is 21.8. The molecule has 1 aliphatic carbocycles. The van der Waals surface area contributed by atoms with Gasteiger partial charge < -0.3 is 9.47 Å². The smallest absolute Gasteiger partial charge is 0.334 e. The van der Waals surface area contributed by atoms with Crippen LogP contribution in [0.1, 0.15) is 38.2 Å². The van der Waals surface area contributed by atoms with E-state index in [1.165, 1.54) is 12.2 Å². The van der Waals surface area contributed by atoms with Crippen LogP contribution in [0.3, 0.4) is 0 Å². The van der Waals surface area contributed by atoms with Crippen LogP contribution in [-0.4, -0.2) is 35.6 Å². The summed E-state index contributed by atoms with van der Waals surface area (Å²) in [5, 5.41) is 12.2. The van der Waals surface area contributed by atoms with Gasteiger partial charge in [-0.2, -0.15) is 0 Å². The van der Waals surface area contributed by atoms with Gasteiger partial charge in [-0.15, -0.1) is 0 Å². The molecular formula is C20H22BrNO6. The Bertz CT molecular complexity index is 801. The highest BCUT2D eigenvalue weighted by molar-refractivity contribution is 9.10. The molecule has 0 bridgehead atoms. The molecule has 0 radical (unpaired) electrons. The van der Waals surface area contributed by atoms with Crippen LogP contribution in [-0.2, 0) is 19.1 Å². The first-order chi connectivity index (χ1) is 13.4. The molecule has 1 aromatic carbocycles. The lowest BCUT2D eigenvalue weighted by Gasteiger charge is -2.28. The number of benzene rings is 1. The van der Waals surface area contributed by atoms with Crippen molar-refractivity contribution in [3.8, 4) is 0 Å². The lowest BCUT2D eigenvalue weighted by molar-refractivity contribution is -0.570. The van der Waals surface area contributed by atoms with Gasteiger partial charge in [-0.25, -0.2) is 9.59 Å². The molecule has 1 aliphatic rings. The van der Waals surface area contributed by atoms with Gasteiger partial charge in [-0.05, 0) is 31.5 Å². The maximum absolute atomic E-state index is 12.5. The van der Waals surface area contributed by atoms with Crippen LogP contribution in [0.15, 0.2) is 52.5 Å². The Morgan fingerprint density at radius 2 is 1.89 bits per heavy atom. The molecule has 0 heterocycles. The fraction of sp³-hybridized carbons (Fsp3) is 0.400. The van der Waals surface area contributed by atoms with Crippen molar-refractivity contribution in [1.82, 2.24) is 0 Å². The Hall–Kier alpha value is -2.48. The first-order valence-electron chi connectivity index (χ1n) is 8.96. The van der Waals surface area contributed by atoms with E-state index in [1.54, 1.807) is 44.2 Å². The summed E-state index contributed by atoms with van der Waals surface area (Å²) in [6.45, 7) is 3.77. The van der Waals surface area contributed by atoms with Gasteiger partial charge in [0.1, 0.15) is 0 Å². The van der Waals surface area contributed by atoms with Crippen molar-refractivity contribution in [1.29, 1.82) is 0 Å². The van der Waals surface area contributed by atoms with Crippen molar-refractivity contribution >= 4 is 27.9 Å². The minimum Gasteiger partial charge on any atom is -0.463 e. The number of rotatable bonds is 8. The summed E-state index contributed by atoms with van der Waals surface area (Å²) < 4.78 is 10.8. The van der Waals surface area contributed by atoms with Crippen LogP contribution in [0.2, 0.25) is 0 Å². The molecule has 150 valence electrons. The second-order valence-electron chi connectivity index (χ2n) is 6.29. The zero-order valence-corrected chi connectivity index (χ0v) is 17.3. The zero-order valence-electron chi connectivity index (χ0n) is 15.7. The van der Waals surface area contributed by atoms with E-state index >= 15 is 0 Å². The molecule has 7 nitrogen and oxygen atoms in total. The monoisotopic (exact) mass is 451 g/mol. The number of hydrogen-bond acceptors (Lipinski definition) is 6. The molecule has 0 saturated heterocycles. The van der Waals surface area contributed by atoms with Crippen molar-refractivity contribution in [3.05, 3.63) is 68.2 Å². The summed E-state index contributed by atoms with van der Waals surface area (Å²) in [5.74, 6) is -1.91. The molecule has 28 heavy (non-hydrogen) atoms. The van der Waals surface area contributed by atoms with Crippen molar-refractivity contribution < 1.29 is 24.0 Å². The van der Waals surface area contributed by atoms with E-state index in [1.807, 2.05) is 0 Å². The molecule has 0 aliphatic heterocycles. The van der Waals surface area contributed by atoms with Gasteiger partial charge in [0.2, 0.25) is 5.54 Å². The van der Waals surface area contributed by atoms with Crippen molar-refractivity contribution in [2.24, 2.45) is 0 Å². The number of hydrogen-bond donors (Lipinski definition) is 0. The van der Waals surface area contributed by atoms with E-state index in [0.717, 1.165) is 4.47 Å². The highest BCUT2D eigenvalue weighted by Crippen LogP contribution is 2.48. The predicted octanol–water partition coefficient (Wildman–Crippen LogP) is 3.95. The Morgan fingerprint density at radius 1 is 1.25 bits per heavy atom. The number of halogens is 1. The summed E-state index contributed by atoms with van der Waals surface area (Å²) in [6, 6.07) is 7.05. The van der Waals surface area contributed by atoms with Crippen LogP contribution in [0.5, 0.6) is 0 Å². The van der Waals surface area contributed by atoms with Crippen molar-refractivity contribution in [3.63, 3.8) is 0 Å². The molecule has 0 N–H and O–H groups in total. The van der Waals surface area contributed by atoms with Crippen LogP contribution < -0.4 is 0 Å². The molecule has 0 amide bonds. The predicted molar refractivity (Wildman–Crippen MR) is 106 cm³/mol. The van der Waals surface area contributed by atoms with Gasteiger partial charge >= 0.3 is 11.9 Å². The summed E-state index contributed by atoms with van der Waals surface area (Å²) in [6.07, 6.45) is 4.23. The molecule has 0 aromatic heterocycles. The highest BCUT2D eigenvalue weighted by Gasteiger charge is 2.56. The van der Waals surface area contributed by atoms with Gasteiger partial charge in [0, 0.05) is 33.9 Å². The van der Waals surface area contributed by atoms with E-state index in [4.69, 9.17) is 9.47 Å². The lowest BCUT2D eigenvalue weighted by atomic mass is 9.76. The van der Waals surface area contributed by atoms with E-state index in [-0.39, 0.29) is 36.6 Å². The van der Waals surface area contributed by atoms with Crippen LogP contribution in [0.25, 0.3) is 0 Å². The van der Waals surface area contributed by atoms with E-state index in [2.05, 4.69) is 15.9 Å². The quantitative estimate of drug-likeness (QED) is 0.257. The summed E-state index contributed by atoms with van der Waals surface area (Å²) in [7, 11) is 0. The van der Waals surface area contributed by atoms with Crippen LogP contribution in [0, 0.1) is 10.1 Å². The third-order valence-corrected chi connectivity index (χ3v) is 5.14. The van der Waals surface area contributed by atoms with Gasteiger partial charge in [0.25, 0.3) is 0 Å². The summed E-state index contributed by atoms with van der Waals surface area (Å²) in [5.41, 5.74) is -0.578. The van der Waals surface area contributed by atoms with Crippen LogP contribution in [0.4, 0.5) is 0 Å². The molecule has 0 unspecified atom stereocenters. The SMILES string of the molecule is CCOC(=O)/C=C/C[C@]1([N+](=O)[O-])CC=C(C(=O)OCC)[C@H]1c1ccc(Br)cc1. The minimum atomic E-state index is -1.49. The molecule has 0 saturated carbocycles. The average Bonchev–Trinajstić information content (AvgIpc) is 3.04. The fourth-order valence-corrected chi connectivity index (χ4v) is 3.64. The first-order valence-corrected chi connectivity index (χ1v) is 9.75. The zero-order chi connectivity index (χ0) is 20.7. The van der Waals surface area contributed by atoms with E-state index < -0.39 is 23.4 Å². The van der Waals surface area contributed by atoms with Gasteiger partial charge in [-0.3, -0.25) is 10.1 Å². The maximum Gasteiger partial charge on any atom is 0.334 e. The number of ether oxygens (including phenoxy) is 2. The number of carbonyl (C=O) groups excluding carboxylic acids is 2. The van der Waals surface area contributed by atoms with Crippen molar-refractivity contribution in [2.45, 2.75) is 38.1 Å². The van der Waals surface area contributed by atoms with E-state index in [9.17, 15) is 19.7 Å². The second-order valence-corrected chi connectivity index (χ2v) is 7.20. The van der Waals surface area contributed by atoms with E-state index in [0.29, 0.717) is 5.56 Å². The number of carbonyl (C=O) groups is 2. The third kappa shape index (κ3) is 4.67. The Balaban J connectivity index is 2.44. The van der Waals surface area contributed by atoms with Gasteiger partial charge in [0.15, 0.2) is 0 Å². The second kappa shape index (κ2) is 9.64.